The number of hydrogen-bond acceptors (Lipinski definition) is 5. The summed E-state index contributed by atoms with van der Waals surface area (Å²) in [6.07, 6.45) is 2.55. The molecule has 2 unspecified atom stereocenters. The van der Waals surface area contributed by atoms with Crippen LogP contribution in [0, 0.1) is 0 Å². The molecular formula is C21H34N4O3. The second kappa shape index (κ2) is 10.6. The molecule has 0 saturated carbocycles. The topological polar surface area (TPSA) is 58.6 Å². The van der Waals surface area contributed by atoms with E-state index in [4.69, 9.17) is 14.2 Å². The molecule has 1 aromatic carbocycles. The lowest BCUT2D eigenvalue weighted by atomic mass is 10.1. The highest BCUT2D eigenvalue weighted by Gasteiger charge is 2.32. The Balaban J connectivity index is 1.55. The summed E-state index contributed by atoms with van der Waals surface area (Å²) in [5.74, 6) is 1.82. The van der Waals surface area contributed by atoms with Gasteiger partial charge in [-0.05, 0) is 33.0 Å². The van der Waals surface area contributed by atoms with E-state index < -0.39 is 0 Å². The molecule has 0 spiro atoms. The predicted molar refractivity (Wildman–Crippen MR) is 111 cm³/mol. The van der Waals surface area contributed by atoms with Crippen molar-refractivity contribution in [3.05, 3.63) is 29.8 Å². The van der Waals surface area contributed by atoms with Gasteiger partial charge >= 0.3 is 0 Å². The van der Waals surface area contributed by atoms with Gasteiger partial charge in [0.05, 0.1) is 12.7 Å². The number of ether oxygens (including phenoxy) is 3. The number of morpholine rings is 1. The fourth-order valence-corrected chi connectivity index (χ4v) is 3.62. The number of hydrogen-bond donors (Lipinski definition) is 1. The average molecular weight is 391 g/mol. The van der Waals surface area contributed by atoms with Gasteiger partial charge in [0.1, 0.15) is 18.5 Å². The van der Waals surface area contributed by atoms with Gasteiger partial charge < -0.3 is 29.3 Å². The summed E-state index contributed by atoms with van der Waals surface area (Å²) in [6, 6.07) is 8.18. The summed E-state index contributed by atoms with van der Waals surface area (Å²) in [6.45, 7) is 5.44. The number of aliphatic imine (C=N–C) groups is 1. The van der Waals surface area contributed by atoms with Gasteiger partial charge in [-0.3, -0.25) is 4.99 Å². The monoisotopic (exact) mass is 390 g/mol. The number of likely N-dealkylation sites (N-methyl/N-ethyl adjacent to an activating group) is 1. The van der Waals surface area contributed by atoms with E-state index in [9.17, 15) is 0 Å². The van der Waals surface area contributed by atoms with Crippen molar-refractivity contribution < 1.29 is 14.2 Å². The van der Waals surface area contributed by atoms with E-state index in [0.29, 0.717) is 19.8 Å². The van der Waals surface area contributed by atoms with Crippen LogP contribution in [0.15, 0.2) is 29.3 Å². The fourth-order valence-electron chi connectivity index (χ4n) is 3.62. The summed E-state index contributed by atoms with van der Waals surface area (Å²) in [5, 5.41) is 3.50. The lowest BCUT2D eigenvalue weighted by molar-refractivity contribution is -0.0817. The van der Waals surface area contributed by atoms with Crippen molar-refractivity contribution in [3.63, 3.8) is 0 Å². The summed E-state index contributed by atoms with van der Waals surface area (Å²) in [4.78, 5) is 8.88. The Morgan fingerprint density at radius 2 is 2.07 bits per heavy atom. The first-order chi connectivity index (χ1) is 13.7. The van der Waals surface area contributed by atoms with Gasteiger partial charge in [0.2, 0.25) is 0 Å². The molecule has 7 nitrogen and oxygen atoms in total. The van der Waals surface area contributed by atoms with Gasteiger partial charge in [0, 0.05) is 45.4 Å². The van der Waals surface area contributed by atoms with Crippen LogP contribution in [0.3, 0.4) is 0 Å². The quantitative estimate of drug-likeness (QED) is 0.564. The Hall–Kier alpha value is -1.83. The average Bonchev–Trinajstić information content (AvgIpc) is 3.24. The van der Waals surface area contributed by atoms with Crippen molar-refractivity contribution in [2.45, 2.75) is 31.6 Å². The van der Waals surface area contributed by atoms with Crippen LogP contribution >= 0.6 is 0 Å². The molecule has 0 bridgehead atoms. The first-order valence-electron chi connectivity index (χ1n) is 10.2. The second-order valence-corrected chi connectivity index (χ2v) is 7.57. The van der Waals surface area contributed by atoms with Gasteiger partial charge in [-0.1, -0.05) is 18.2 Å². The summed E-state index contributed by atoms with van der Waals surface area (Å²) in [5.41, 5.74) is 1.13. The molecule has 156 valence electrons. The van der Waals surface area contributed by atoms with E-state index >= 15 is 0 Å². The van der Waals surface area contributed by atoms with Crippen LogP contribution in [0.1, 0.15) is 18.4 Å². The Labute approximate surface area is 168 Å². The maximum absolute atomic E-state index is 5.97. The van der Waals surface area contributed by atoms with Crippen LogP contribution in [0.4, 0.5) is 0 Å². The first kappa shape index (κ1) is 20.9. The van der Waals surface area contributed by atoms with Gasteiger partial charge in [0.15, 0.2) is 5.96 Å². The molecule has 2 aliphatic rings. The molecule has 0 aromatic heterocycles. The standard InChI is InChI=1S/C21H34N4O3/c1-22-21(25-11-14-28-20(16-25)19-9-6-12-26-19)23-15-17-7-4-5-8-18(17)27-13-10-24(2)3/h4-5,7-8,19-20H,6,9-16H2,1-3H3,(H,22,23). The molecule has 2 heterocycles. The maximum atomic E-state index is 5.97. The molecule has 28 heavy (non-hydrogen) atoms. The van der Waals surface area contributed by atoms with Gasteiger partial charge in [-0.25, -0.2) is 0 Å². The molecule has 2 aliphatic heterocycles. The van der Waals surface area contributed by atoms with Gasteiger partial charge in [-0.15, -0.1) is 0 Å². The molecule has 0 aliphatic carbocycles. The van der Waals surface area contributed by atoms with E-state index in [1.165, 1.54) is 0 Å². The minimum atomic E-state index is 0.122. The van der Waals surface area contributed by atoms with Crippen molar-refractivity contribution in [3.8, 4) is 5.75 Å². The van der Waals surface area contributed by atoms with E-state index in [1.54, 1.807) is 0 Å². The zero-order chi connectivity index (χ0) is 19.8. The molecule has 2 atom stereocenters. The van der Waals surface area contributed by atoms with Gasteiger partial charge in [0.25, 0.3) is 0 Å². The van der Waals surface area contributed by atoms with Crippen LogP contribution in [0.5, 0.6) is 5.75 Å². The smallest absolute Gasteiger partial charge is 0.194 e. The minimum Gasteiger partial charge on any atom is -0.492 e. The zero-order valence-electron chi connectivity index (χ0n) is 17.4. The molecule has 1 N–H and O–H groups in total. The Morgan fingerprint density at radius 3 is 2.82 bits per heavy atom. The zero-order valence-corrected chi connectivity index (χ0v) is 17.4. The Bertz CT molecular complexity index is 632. The molecule has 7 heteroatoms. The lowest BCUT2D eigenvalue weighted by Crippen LogP contribution is -2.53. The van der Waals surface area contributed by atoms with E-state index in [2.05, 4.69) is 26.2 Å². The van der Waals surface area contributed by atoms with Crippen molar-refractivity contribution in [2.24, 2.45) is 4.99 Å². The summed E-state index contributed by atoms with van der Waals surface area (Å²) >= 11 is 0. The maximum Gasteiger partial charge on any atom is 0.194 e. The first-order valence-corrected chi connectivity index (χ1v) is 10.2. The minimum absolute atomic E-state index is 0.122. The number of guanidine groups is 1. The number of nitrogens with one attached hydrogen (secondary N) is 1. The van der Waals surface area contributed by atoms with Gasteiger partial charge in [-0.2, -0.15) is 0 Å². The summed E-state index contributed by atoms with van der Waals surface area (Å²) < 4.78 is 17.8. The van der Waals surface area contributed by atoms with E-state index in [-0.39, 0.29) is 12.2 Å². The third-order valence-electron chi connectivity index (χ3n) is 5.19. The Kier molecular flexibility index (Phi) is 7.94. The highest BCUT2D eigenvalue weighted by atomic mass is 16.5. The largest absolute Gasteiger partial charge is 0.492 e. The number of benzene rings is 1. The SMILES string of the molecule is CN=C(NCc1ccccc1OCCN(C)C)N1CCOC(C2CCCO2)C1. The molecule has 1 aromatic rings. The molecular weight excluding hydrogens is 356 g/mol. The third-order valence-corrected chi connectivity index (χ3v) is 5.19. The van der Waals surface area contributed by atoms with Crippen molar-refractivity contribution in [1.29, 1.82) is 0 Å². The molecule has 0 radical (unpaired) electrons. The Morgan fingerprint density at radius 1 is 1.25 bits per heavy atom. The third kappa shape index (κ3) is 5.83. The van der Waals surface area contributed by atoms with Crippen LogP contribution in [0.2, 0.25) is 0 Å². The van der Waals surface area contributed by atoms with Crippen LogP contribution in [-0.2, 0) is 16.0 Å². The van der Waals surface area contributed by atoms with Crippen LogP contribution < -0.4 is 10.1 Å². The molecule has 2 fully saturated rings. The lowest BCUT2D eigenvalue weighted by Gasteiger charge is -2.37. The molecule has 0 amide bonds. The second-order valence-electron chi connectivity index (χ2n) is 7.57. The highest BCUT2D eigenvalue weighted by Crippen LogP contribution is 2.21. The number of rotatable bonds is 7. The predicted octanol–water partition coefficient (Wildman–Crippen LogP) is 1.58. The van der Waals surface area contributed by atoms with Crippen LogP contribution in [0.25, 0.3) is 0 Å². The van der Waals surface area contributed by atoms with Crippen molar-refractivity contribution in [2.75, 3.05) is 60.6 Å². The number of nitrogens with zero attached hydrogens (tertiary/aromatic N) is 3. The van der Waals surface area contributed by atoms with Crippen molar-refractivity contribution >= 4 is 5.96 Å². The molecule has 2 saturated heterocycles. The molecule has 3 rings (SSSR count). The highest BCUT2D eigenvalue weighted by molar-refractivity contribution is 5.80. The van der Waals surface area contributed by atoms with Crippen molar-refractivity contribution in [1.82, 2.24) is 15.1 Å². The summed E-state index contributed by atoms with van der Waals surface area (Å²) in [7, 11) is 5.93. The fraction of sp³-hybridized carbons (Fsp3) is 0.667. The normalized spacial score (nSPS) is 23.3. The number of para-hydroxylation sites is 1. The van der Waals surface area contributed by atoms with E-state index in [0.717, 1.165) is 56.4 Å². The van der Waals surface area contributed by atoms with Crippen LogP contribution in [-0.4, -0.2) is 88.6 Å². The van der Waals surface area contributed by atoms with E-state index in [1.807, 2.05) is 39.3 Å².